The van der Waals surface area contributed by atoms with Gasteiger partial charge in [0.05, 0.1) is 0 Å². The lowest BCUT2D eigenvalue weighted by Crippen LogP contribution is -2.30. The highest BCUT2D eigenvalue weighted by Gasteiger charge is 2.41. The Morgan fingerprint density at radius 1 is 1.77 bits per heavy atom. The maximum absolute atomic E-state index is 13.8. The van der Waals surface area contributed by atoms with Crippen molar-refractivity contribution >= 4 is 5.97 Å². The molecule has 4 heteroatoms. The molecule has 2 unspecified atom stereocenters. The Morgan fingerprint density at radius 2 is 2.46 bits per heavy atom. The molecule has 0 aromatic carbocycles. The van der Waals surface area contributed by atoms with E-state index < -0.39 is 17.7 Å². The highest BCUT2D eigenvalue weighted by molar-refractivity contribution is 5.74. The molecule has 0 spiro atoms. The summed E-state index contributed by atoms with van der Waals surface area (Å²) in [5, 5.41) is 11.3. The second-order valence-electron chi connectivity index (χ2n) is 3.73. The quantitative estimate of drug-likeness (QED) is 0.701. The Balaban J connectivity index is 2.41. The molecule has 3 nitrogen and oxygen atoms in total. The van der Waals surface area contributed by atoms with Gasteiger partial charge in [-0.2, -0.15) is 0 Å². The number of aliphatic carboxylic acids is 1. The number of carboxylic acid groups (broad SMARTS) is 1. The maximum atomic E-state index is 13.8. The predicted molar refractivity (Wildman–Crippen MR) is 47.4 cm³/mol. The highest BCUT2D eigenvalue weighted by Crippen LogP contribution is 2.29. The average Bonchev–Trinajstić information content (AvgIpc) is 2.46. The molecule has 1 fully saturated rings. The molecule has 0 radical (unpaired) electrons. The van der Waals surface area contributed by atoms with Crippen LogP contribution in [0, 0.1) is 0 Å². The lowest BCUT2D eigenvalue weighted by molar-refractivity contribution is -0.139. The molecule has 1 saturated heterocycles. The standard InChI is InChI=1S/C9H16FNO2/c1-2-3-4-9(10)5-7(8(12)13)11-6-9/h7,11H,2-6H2,1H3,(H,12,13). The van der Waals surface area contributed by atoms with E-state index in [4.69, 9.17) is 5.11 Å². The van der Waals surface area contributed by atoms with Crippen molar-refractivity contribution < 1.29 is 14.3 Å². The first kappa shape index (κ1) is 10.4. The number of unbranched alkanes of at least 4 members (excludes halogenated alkanes) is 1. The van der Waals surface area contributed by atoms with Gasteiger partial charge < -0.3 is 10.4 Å². The monoisotopic (exact) mass is 189 g/mol. The van der Waals surface area contributed by atoms with Gasteiger partial charge in [-0.1, -0.05) is 19.8 Å². The summed E-state index contributed by atoms with van der Waals surface area (Å²) in [5.41, 5.74) is -1.29. The van der Waals surface area contributed by atoms with Crippen LogP contribution in [-0.4, -0.2) is 29.3 Å². The Labute approximate surface area is 77.3 Å². The van der Waals surface area contributed by atoms with Crippen molar-refractivity contribution in [3.05, 3.63) is 0 Å². The number of carbonyl (C=O) groups is 1. The minimum atomic E-state index is -1.29. The lowest BCUT2D eigenvalue weighted by atomic mass is 9.96. The maximum Gasteiger partial charge on any atom is 0.320 e. The second-order valence-corrected chi connectivity index (χ2v) is 3.73. The highest BCUT2D eigenvalue weighted by atomic mass is 19.1. The summed E-state index contributed by atoms with van der Waals surface area (Å²) < 4.78 is 13.8. The minimum Gasteiger partial charge on any atom is -0.480 e. The van der Waals surface area contributed by atoms with Crippen LogP contribution in [0.25, 0.3) is 0 Å². The molecule has 0 saturated carbocycles. The molecule has 0 aliphatic carbocycles. The van der Waals surface area contributed by atoms with Gasteiger partial charge >= 0.3 is 5.97 Å². The topological polar surface area (TPSA) is 49.3 Å². The lowest BCUT2D eigenvalue weighted by Gasteiger charge is -2.17. The van der Waals surface area contributed by atoms with E-state index in [2.05, 4.69) is 5.32 Å². The number of rotatable bonds is 4. The Morgan fingerprint density at radius 3 is 2.92 bits per heavy atom. The van der Waals surface area contributed by atoms with E-state index in [9.17, 15) is 9.18 Å². The Kier molecular flexibility index (Phi) is 3.25. The van der Waals surface area contributed by atoms with Crippen LogP contribution in [-0.2, 0) is 4.79 Å². The normalized spacial score (nSPS) is 33.5. The summed E-state index contributed by atoms with van der Waals surface area (Å²) in [6.45, 7) is 2.18. The van der Waals surface area contributed by atoms with Crippen LogP contribution < -0.4 is 5.32 Å². The third kappa shape index (κ3) is 2.66. The first-order valence-corrected chi connectivity index (χ1v) is 4.72. The summed E-state index contributed by atoms with van der Waals surface area (Å²) in [6, 6.07) is -0.693. The molecule has 0 aromatic rings. The number of alkyl halides is 1. The molecule has 13 heavy (non-hydrogen) atoms. The van der Waals surface area contributed by atoms with Crippen LogP contribution in [0.1, 0.15) is 32.6 Å². The van der Waals surface area contributed by atoms with Gasteiger partial charge in [-0.15, -0.1) is 0 Å². The van der Waals surface area contributed by atoms with Crippen LogP contribution >= 0.6 is 0 Å². The molecule has 1 heterocycles. The summed E-state index contributed by atoms with van der Waals surface area (Å²) in [6.07, 6.45) is 2.36. The number of hydrogen-bond acceptors (Lipinski definition) is 2. The van der Waals surface area contributed by atoms with Crippen LogP contribution in [0.3, 0.4) is 0 Å². The zero-order valence-electron chi connectivity index (χ0n) is 7.85. The van der Waals surface area contributed by atoms with Crippen LogP contribution in [0.15, 0.2) is 0 Å². The number of hydrogen-bond donors (Lipinski definition) is 2. The smallest absolute Gasteiger partial charge is 0.320 e. The van der Waals surface area contributed by atoms with Gasteiger partial charge in [0, 0.05) is 13.0 Å². The first-order valence-electron chi connectivity index (χ1n) is 4.72. The van der Waals surface area contributed by atoms with Crippen LogP contribution in [0.2, 0.25) is 0 Å². The predicted octanol–water partition coefficient (Wildman–Crippen LogP) is 1.33. The molecule has 2 N–H and O–H groups in total. The minimum absolute atomic E-state index is 0.113. The van der Waals surface area contributed by atoms with Gasteiger partial charge in [0.2, 0.25) is 0 Å². The zero-order chi connectivity index (χ0) is 9.90. The molecule has 76 valence electrons. The summed E-state index contributed by atoms with van der Waals surface area (Å²) in [5.74, 6) is -0.948. The van der Waals surface area contributed by atoms with Crippen LogP contribution in [0.5, 0.6) is 0 Å². The van der Waals surface area contributed by atoms with Gasteiger partial charge in [-0.05, 0) is 6.42 Å². The van der Waals surface area contributed by atoms with E-state index in [1.54, 1.807) is 0 Å². The Hall–Kier alpha value is -0.640. The second kappa shape index (κ2) is 4.05. The SMILES string of the molecule is CCCCC1(F)CNC(C(=O)O)C1. The zero-order valence-corrected chi connectivity index (χ0v) is 7.85. The van der Waals surface area contributed by atoms with E-state index in [0.29, 0.717) is 6.42 Å². The Bertz CT molecular complexity index is 198. The van der Waals surface area contributed by atoms with E-state index in [-0.39, 0.29) is 13.0 Å². The van der Waals surface area contributed by atoms with E-state index in [0.717, 1.165) is 12.8 Å². The van der Waals surface area contributed by atoms with E-state index >= 15 is 0 Å². The molecule has 2 atom stereocenters. The van der Waals surface area contributed by atoms with Crippen molar-refractivity contribution in [2.75, 3.05) is 6.54 Å². The fraction of sp³-hybridized carbons (Fsp3) is 0.889. The van der Waals surface area contributed by atoms with Crippen LogP contribution in [0.4, 0.5) is 4.39 Å². The molecular weight excluding hydrogens is 173 g/mol. The third-order valence-electron chi connectivity index (χ3n) is 2.51. The number of halogens is 1. The molecule has 0 amide bonds. The number of nitrogens with one attached hydrogen (secondary N) is 1. The van der Waals surface area contributed by atoms with Gasteiger partial charge in [0.15, 0.2) is 0 Å². The summed E-state index contributed by atoms with van der Waals surface area (Å²) in [7, 11) is 0. The largest absolute Gasteiger partial charge is 0.480 e. The molecule has 0 aromatic heterocycles. The first-order chi connectivity index (χ1) is 6.07. The van der Waals surface area contributed by atoms with Crippen molar-refractivity contribution in [2.24, 2.45) is 0 Å². The fourth-order valence-electron chi connectivity index (χ4n) is 1.67. The van der Waals surface area contributed by atoms with Crippen molar-refractivity contribution in [2.45, 2.75) is 44.3 Å². The molecule has 1 rings (SSSR count). The molecule has 1 aliphatic heterocycles. The molecular formula is C9H16FNO2. The van der Waals surface area contributed by atoms with Gasteiger partial charge in [-0.25, -0.2) is 4.39 Å². The summed E-state index contributed by atoms with van der Waals surface area (Å²) >= 11 is 0. The van der Waals surface area contributed by atoms with Gasteiger partial charge in [0.1, 0.15) is 11.7 Å². The van der Waals surface area contributed by atoms with Gasteiger partial charge in [-0.3, -0.25) is 4.79 Å². The van der Waals surface area contributed by atoms with Crippen molar-refractivity contribution in [1.29, 1.82) is 0 Å². The number of carboxylic acids is 1. The van der Waals surface area contributed by atoms with E-state index in [1.807, 2.05) is 6.92 Å². The van der Waals surface area contributed by atoms with Gasteiger partial charge in [0.25, 0.3) is 0 Å². The summed E-state index contributed by atoms with van der Waals surface area (Å²) in [4.78, 5) is 10.5. The average molecular weight is 189 g/mol. The third-order valence-corrected chi connectivity index (χ3v) is 2.51. The van der Waals surface area contributed by atoms with Crippen molar-refractivity contribution in [3.8, 4) is 0 Å². The van der Waals surface area contributed by atoms with Crippen molar-refractivity contribution in [3.63, 3.8) is 0 Å². The molecule has 1 aliphatic rings. The molecule has 0 bridgehead atoms. The fourth-order valence-corrected chi connectivity index (χ4v) is 1.67. The van der Waals surface area contributed by atoms with E-state index in [1.165, 1.54) is 0 Å². The van der Waals surface area contributed by atoms with Crippen molar-refractivity contribution in [1.82, 2.24) is 5.32 Å².